The molecule has 1 aromatic rings. The number of rotatable bonds is 5. The molecule has 0 spiro atoms. The largest absolute Gasteiger partial charge is 0.477 e. The Balaban J connectivity index is 2.12. The van der Waals surface area contributed by atoms with Gasteiger partial charge in [0.25, 0.3) is 5.69 Å². The summed E-state index contributed by atoms with van der Waals surface area (Å²) in [6.45, 7) is 4.26. The van der Waals surface area contributed by atoms with E-state index in [-0.39, 0.29) is 11.0 Å². The molecular formula is C14H18N2O5. The lowest BCUT2D eigenvalue weighted by Crippen LogP contribution is -2.33. The van der Waals surface area contributed by atoms with E-state index in [1.165, 1.54) is 18.2 Å². The molecule has 1 aliphatic rings. The standard InChI is InChI=1S/C14H18N2O5/c1-14(4-6-21-7-5-14)9-15-10-2-3-12(16(19)20)11(8-10)13(17)18/h2-3,8,15H,4-7,9H2,1H3,(H,17,18). The molecule has 0 aliphatic carbocycles. The third-order valence-electron chi connectivity index (χ3n) is 3.84. The van der Waals surface area contributed by atoms with Gasteiger partial charge in [0.1, 0.15) is 5.56 Å². The fourth-order valence-electron chi connectivity index (χ4n) is 2.33. The van der Waals surface area contributed by atoms with E-state index in [2.05, 4.69) is 12.2 Å². The highest BCUT2D eigenvalue weighted by Crippen LogP contribution is 2.30. The Bertz CT molecular complexity index is 552. The Morgan fingerprint density at radius 3 is 2.71 bits per heavy atom. The van der Waals surface area contributed by atoms with Gasteiger partial charge in [-0.2, -0.15) is 0 Å². The van der Waals surface area contributed by atoms with Gasteiger partial charge < -0.3 is 15.2 Å². The minimum absolute atomic E-state index is 0.0867. The van der Waals surface area contributed by atoms with E-state index >= 15 is 0 Å². The second-order valence-electron chi connectivity index (χ2n) is 5.57. The average Bonchev–Trinajstić information content (AvgIpc) is 2.45. The summed E-state index contributed by atoms with van der Waals surface area (Å²) in [5.41, 5.74) is -0.0400. The van der Waals surface area contributed by atoms with Crippen molar-refractivity contribution in [3.05, 3.63) is 33.9 Å². The molecule has 1 aliphatic heterocycles. The number of hydrogen-bond donors (Lipinski definition) is 2. The Kier molecular flexibility index (Phi) is 4.42. The summed E-state index contributed by atoms with van der Waals surface area (Å²) in [6.07, 6.45) is 1.86. The fraction of sp³-hybridized carbons (Fsp3) is 0.500. The molecule has 114 valence electrons. The zero-order valence-electron chi connectivity index (χ0n) is 11.8. The van der Waals surface area contributed by atoms with Gasteiger partial charge in [0.05, 0.1) is 4.92 Å². The number of carbonyl (C=O) groups is 1. The van der Waals surface area contributed by atoms with Crippen LogP contribution in [0.15, 0.2) is 18.2 Å². The number of hydrogen-bond acceptors (Lipinski definition) is 5. The number of anilines is 1. The maximum absolute atomic E-state index is 11.1. The number of ether oxygens (including phenoxy) is 1. The predicted molar refractivity (Wildman–Crippen MR) is 76.7 cm³/mol. The minimum Gasteiger partial charge on any atom is -0.477 e. The van der Waals surface area contributed by atoms with Crippen molar-refractivity contribution in [3.8, 4) is 0 Å². The Labute approximate surface area is 122 Å². The van der Waals surface area contributed by atoms with Crippen molar-refractivity contribution in [2.75, 3.05) is 25.1 Å². The lowest BCUT2D eigenvalue weighted by molar-refractivity contribution is -0.385. The first-order valence-corrected chi connectivity index (χ1v) is 6.75. The SMILES string of the molecule is CC1(CNc2ccc([N+](=O)[O-])c(C(=O)O)c2)CCOCC1. The molecule has 0 bridgehead atoms. The molecular weight excluding hydrogens is 276 g/mol. The molecule has 2 rings (SSSR count). The number of benzene rings is 1. The van der Waals surface area contributed by atoms with Gasteiger partial charge in [-0.3, -0.25) is 10.1 Å². The van der Waals surface area contributed by atoms with E-state index < -0.39 is 16.6 Å². The van der Waals surface area contributed by atoms with E-state index in [1.54, 1.807) is 0 Å². The fourth-order valence-corrected chi connectivity index (χ4v) is 2.33. The van der Waals surface area contributed by atoms with Crippen molar-refractivity contribution in [1.29, 1.82) is 0 Å². The van der Waals surface area contributed by atoms with Crippen LogP contribution in [0.2, 0.25) is 0 Å². The number of carboxylic acids is 1. The highest BCUT2D eigenvalue weighted by atomic mass is 16.6. The monoisotopic (exact) mass is 294 g/mol. The molecule has 1 heterocycles. The summed E-state index contributed by atoms with van der Waals surface area (Å²) in [5, 5.41) is 23.0. The van der Waals surface area contributed by atoms with E-state index in [9.17, 15) is 14.9 Å². The van der Waals surface area contributed by atoms with Gasteiger partial charge in [-0.15, -0.1) is 0 Å². The summed E-state index contributed by atoms with van der Waals surface area (Å²) >= 11 is 0. The molecule has 0 unspecified atom stereocenters. The molecule has 0 radical (unpaired) electrons. The molecule has 0 atom stereocenters. The molecule has 1 saturated heterocycles. The van der Waals surface area contributed by atoms with Crippen LogP contribution in [-0.4, -0.2) is 35.8 Å². The highest BCUT2D eigenvalue weighted by Gasteiger charge is 2.27. The number of nitrogens with one attached hydrogen (secondary N) is 1. The van der Waals surface area contributed by atoms with Crippen LogP contribution in [-0.2, 0) is 4.74 Å². The van der Waals surface area contributed by atoms with Crippen LogP contribution in [0.3, 0.4) is 0 Å². The lowest BCUT2D eigenvalue weighted by atomic mass is 9.82. The van der Waals surface area contributed by atoms with Gasteiger partial charge in [-0.25, -0.2) is 4.79 Å². The molecule has 0 amide bonds. The van der Waals surface area contributed by atoms with Gasteiger partial charge >= 0.3 is 5.97 Å². The van der Waals surface area contributed by atoms with Crippen molar-refractivity contribution < 1.29 is 19.6 Å². The molecule has 0 saturated carbocycles. The van der Waals surface area contributed by atoms with Crippen LogP contribution in [0, 0.1) is 15.5 Å². The first-order valence-electron chi connectivity index (χ1n) is 6.75. The molecule has 7 heteroatoms. The van der Waals surface area contributed by atoms with Crippen LogP contribution in [0.5, 0.6) is 0 Å². The third-order valence-corrected chi connectivity index (χ3v) is 3.84. The van der Waals surface area contributed by atoms with Gasteiger partial charge in [-0.05, 0) is 30.4 Å². The van der Waals surface area contributed by atoms with Crippen molar-refractivity contribution in [2.45, 2.75) is 19.8 Å². The van der Waals surface area contributed by atoms with Crippen LogP contribution < -0.4 is 5.32 Å². The van der Waals surface area contributed by atoms with Crippen LogP contribution >= 0.6 is 0 Å². The quantitative estimate of drug-likeness (QED) is 0.639. The minimum atomic E-state index is -1.30. The van der Waals surface area contributed by atoms with E-state index in [0.717, 1.165) is 26.1 Å². The second kappa shape index (κ2) is 6.09. The topological polar surface area (TPSA) is 102 Å². The van der Waals surface area contributed by atoms with E-state index in [4.69, 9.17) is 9.84 Å². The first kappa shape index (κ1) is 15.2. The highest BCUT2D eigenvalue weighted by molar-refractivity contribution is 5.93. The number of carboxylic acid groups (broad SMARTS) is 1. The van der Waals surface area contributed by atoms with E-state index in [0.29, 0.717) is 12.2 Å². The molecule has 21 heavy (non-hydrogen) atoms. The Hall–Kier alpha value is -2.15. The average molecular weight is 294 g/mol. The van der Waals surface area contributed by atoms with Gasteiger partial charge in [0.2, 0.25) is 0 Å². The maximum atomic E-state index is 11.1. The van der Waals surface area contributed by atoms with E-state index in [1.807, 2.05) is 0 Å². The molecule has 1 fully saturated rings. The first-order chi connectivity index (χ1) is 9.91. The van der Waals surface area contributed by atoms with Crippen LogP contribution in [0.4, 0.5) is 11.4 Å². The molecule has 2 N–H and O–H groups in total. The van der Waals surface area contributed by atoms with Crippen molar-refractivity contribution in [2.24, 2.45) is 5.41 Å². The number of nitro groups is 1. The Morgan fingerprint density at radius 2 is 2.14 bits per heavy atom. The lowest BCUT2D eigenvalue weighted by Gasteiger charge is -2.33. The van der Waals surface area contributed by atoms with Gasteiger partial charge in [0, 0.05) is 31.5 Å². The second-order valence-corrected chi connectivity index (χ2v) is 5.57. The third kappa shape index (κ3) is 3.69. The summed E-state index contributed by atoms with van der Waals surface area (Å²) in [5.74, 6) is -1.30. The summed E-state index contributed by atoms with van der Waals surface area (Å²) < 4.78 is 5.33. The van der Waals surface area contributed by atoms with Crippen molar-refractivity contribution in [1.82, 2.24) is 0 Å². The molecule has 7 nitrogen and oxygen atoms in total. The Morgan fingerprint density at radius 1 is 1.48 bits per heavy atom. The van der Waals surface area contributed by atoms with Crippen molar-refractivity contribution >= 4 is 17.3 Å². The maximum Gasteiger partial charge on any atom is 0.342 e. The normalized spacial score (nSPS) is 17.2. The summed E-state index contributed by atoms with van der Waals surface area (Å²) in [6, 6.07) is 4.06. The molecule has 0 aromatic heterocycles. The molecule has 1 aromatic carbocycles. The van der Waals surface area contributed by atoms with Crippen LogP contribution in [0.1, 0.15) is 30.1 Å². The summed E-state index contributed by atoms with van der Waals surface area (Å²) in [4.78, 5) is 21.2. The number of nitro benzene ring substituents is 1. The van der Waals surface area contributed by atoms with Crippen molar-refractivity contribution in [3.63, 3.8) is 0 Å². The van der Waals surface area contributed by atoms with Crippen LogP contribution in [0.25, 0.3) is 0 Å². The number of aromatic carboxylic acids is 1. The van der Waals surface area contributed by atoms with Gasteiger partial charge in [0.15, 0.2) is 0 Å². The zero-order valence-corrected chi connectivity index (χ0v) is 11.8. The zero-order chi connectivity index (χ0) is 15.5. The predicted octanol–water partition coefficient (Wildman–Crippen LogP) is 2.52. The number of nitrogens with zero attached hydrogens (tertiary/aromatic N) is 1. The smallest absolute Gasteiger partial charge is 0.342 e. The summed E-state index contributed by atoms with van der Waals surface area (Å²) in [7, 11) is 0. The van der Waals surface area contributed by atoms with Gasteiger partial charge in [-0.1, -0.05) is 6.92 Å².